The summed E-state index contributed by atoms with van der Waals surface area (Å²) in [6.45, 7) is 2.93. The molecule has 0 saturated carbocycles. The summed E-state index contributed by atoms with van der Waals surface area (Å²) in [5.41, 5.74) is -4.07. The van der Waals surface area contributed by atoms with Gasteiger partial charge >= 0.3 is 12.4 Å². The van der Waals surface area contributed by atoms with Gasteiger partial charge in [0.05, 0.1) is 17.2 Å². The highest BCUT2D eigenvalue weighted by atomic mass is 32.2. The number of halogens is 6. The lowest BCUT2D eigenvalue weighted by Crippen LogP contribution is -2.29. The Balaban J connectivity index is 1.97. The van der Waals surface area contributed by atoms with Crippen molar-refractivity contribution >= 4 is 21.5 Å². The van der Waals surface area contributed by atoms with Crippen molar-refractivity contribution in [3.05, 3.63) is 58.9 Å². The van der Waals surface area contributed by atoms with Crippen LogP contribution in [0.2, 0.25) is 0 Å². The maximum Gasteiger partial charge on any atom is 0.416 e. The third-order valence-electron chi connectivity index (χ3n) is 4.49. The van der Waals surface area contributed by atoms with Gasteiger partial charge in [0.25, 0.3) is 5.91 Å². The fourth-order valence-corrected chi connectivity index (χ4v) is 3.59. The maximum atomic E-state index is 13.1. The number of aromatic nitrogens is 5. The van der Waals surface area contributed by atoms with Gasteiger partial charge in [0.15, 0.2) is 17.5 Å². The lowest BCUT2D eigenvalue weighted by Gasteiger charge is -2.17. The van der Waals surface area contributed by atoms with Gasteiger partial charge in [0.1, 0.15) is 12.2 Å². The molecular formula is C20H19F6N7O2S. The van der Waals surface area contributed by atoms with E-state index in [4.69, 9.17) is 0 Å². The quantitative estimate of drug-likeness (QED) is 0.489. The molecule has 0 fully saturated rings. The van der Waals surface area contributed by atoms with Gasteiger partial charge in [0, 0.05) is 33.9 Å². The van der Waals surface area contributed by atoms with E-state index in [2.05, 4.69) is 29.7 Å². The van der Waals surface area contributed by atoms with Crippen LogP contribution < -0.4 is 5.32 Å². The third-order valence-corrected chi connectivity index (χ3v) is 5.12. The van der Waals surface area contributed by atoms with Gasteiger partial charge in [-0.2, -0.15) is 35.4 Å². The van der Waals surface area contributed by atoms with E-state index in [0.29, 0.717) is 12.1 Å². The zero-order valence-corrected chi connectivity index (χ0v) is 20.0. The number of carbonyl (C=O) groups is 1. The SMILES string of the molecule is Cc1nc([C@H](C)NC(=O)c2cc(C(F)(F)F)cc(C(F)(F)F)c2)n(-c2cc(N=S(C)(C)=O)ncn2)n1. The molecule has 0 aliphatic rings. The Morgan fingerprint density at radius 1 is 1.03 bits per heavy atom. The first-order chi connectivity index (χ1) is 16.4. The van der Waals surface area contributed by atoms with Crippen molar-refractivity contribution in [2.75, 3.05) is 12.5 Å². The van der Waals surface area contributed by atoms with Crippen LogP contribution in [0.1, 0.15) is 46.1 Å². The summed E-state index contributed by atoms with van der Waals surface area (Å²) in [6.07, 6.45) is -6.28. The van der Waals surface area contributed by atoms with E-state index >= 15 is 0 Å². The molecule has 9 nitrogen and oxygen atoms in total. The molecule has 0 aliphatic carbocycles. The summed E-state index contributed by atoms with van der Waals surface area (Å²) in [6, 6.07) is 0.917. The fraction of sp³-hybridized carbons (Fsp3) is 0.350. The molecule has 0 unspecified atom stereocenters. The zero-order valence-electron chi connectivity index (χ0n) is 19.1. The van der Waals surface area contributed by atoms with E-state index < -0.39 is 50.7 Å². The second-order valence-electron chi connectivity index (χ2n) is 7.93. The molecule has 3 aromatic rings. The molecule has 0 saturated heterocycles. The molecule has 36 heavy (non-hydrogen) atoms. The number of alkyl halides is 6. The monoisotopic (exact) mass is 535 g/mol. The van der Waals surface area contributed by atoms with E-state index in [1.54, 1.807) is 0 Å². The van der Waals surface area contributed by atoms with E-state index in [1.807, 2.05) is 0 Å². The first kappa shape index (κ1) is 27.0. The standard InChI is InChI=1S/C20H19F6N7O2S/c1-10(29-18(34)12-5-13(19(21,22)23)7-14(6-12)20(24,25)26)17-30-11(2)31-33(17)16-8-15(27-9-28-16)32-36(3,4)35/h5-10H,1-4H3,(H,29,34)/t10-/m0/s1. The van der Waals surface area contributed by atoms with Crippen molar-refractivity contribution in [2.45, 2.75) is 32.2 Å². The average molecular weight is 535 g/mol. The molecule has 194 valence electrons. The predicted octanol–water partition coefficient (Wildman–Crippen LogP) is 4.25. The summed E-state index contributed by atoms with van der Waals surface area (Å²) in [5, 5.41) is 6.50. The molecule has 1 amide bonds. The van der Waals surface area contributed by atoms with Gasteiger partial charge in [0.2, 0.25) is 0 Å². The third kappa shape index (κ3) is 6.56. The minimum Gasteiger partial charge on any atom is -0.342 e. The molecule has 0 radical (unpaired) electrons. The van der Waals surface area contributed by atoms with Crippen molar-refractivity contribution in [1.29, 1.82) is 0 Å². The highest BCUT2D eigenvalue weighted by molar-refractivity contribution is 7.92. The number of hydrogen-bond acceptors (Lipinski definition) is 7. The highest BCUT2D eigenvalue weighted by Gasteiger charge is 2.37. The summed E-state index contributed by atoms with van der Waals surface area (Å²) in [5.74, 6) is -0.683. The van der Waals surface area contributed by atoms with Crippen molar-refractivity contribution in [3.8, 4) is 5.82 Å². The summed E-state index contributed by atoms with van der Waals surface area (Å²) >= 11 is 0. The van der Waals surface area contributed by atoms with Crippen LogP contribution in [0.4, 0.5) is 32.2 Å². The molecule has 0 spiro atoms. The first-order valence-electron chi connectivity index (χ1n) is 9.97. The Morgan fingerprint density at radius 3 is 2.14 bits per heavy atom. The second kappa shape index (κ2) is 9.48. The fourth-order valence-electron chi connectivity index (χ4n) is 3.04. The molecule has 0 bridgehead atoms. The number of amides is 1. The van der Waals surface area contributed by atoms with Crippen LogP contribution in [-0.4, -0.2) is 47.4 Å². The van der Waals surface area contributed by atoms with E-state index in [9.17, 15) is 35.3 Å². The average Bonchev–Trinajstić information content (AvgIpc) is 3.13. The zero-order chi connectivity index (χ0) is 27.1. The number of benzene rings is 1. The Morgan fingerprint density at radius 2 is 1.61 bits per heavy atom. The van der Waals surface area contributed by atoms with Crippen LogP contribution in [0.15, 0.2) is 35.0 Å². The molecule has 1 aromatic carbocycles. The smallest absolute Gasteiger partial charge is 0.342 e. The van der Waals surface area contributed by atoms with Gasteiger partial charge in [-0.3, -0.25) is 4.79 Å². The second-order valence-corrected chi connectivity index (χ2v) is 10.5. The first-order valence-corrected chi connectivity index (χ1v) is 12.3. The van der Waals surface area contributed by atoms with Gasteiger partial charge < -0.3 is 5.32 Å². The van der Waals surface area contributed by atoms with E-state index in [0.717, 1.165) is 6.33 Å². The van der Waals surface area contributed by atoms with E-state index in [-0.39, 0.29) is 29.4 Å². The van der Waals surface area contributed by atoms with Gasteiger partial charge in [-0.05, 0) is 32.0 Å². The van der Waals surface area contributed by atoms with Crippen LogP contribution in [-0.2, 0) is 22.1 Å². The van der Waals surface area contributed by atoms with Crippen molar-refractivity contribution < 1.29 is 35.3 Å². The lowest BCUT2D eigenvalue weighted by atomic mass is 10.0. The minimum absolute atomic E-state index is 0.0666. The number of carbonyl (C=O) groups excluding carboxylic acids is 1. The van der Waals surface area contributed by atoms with Crippen LogP contribution in [0, 0.1) is 6.92 Å². The van der Waals surface area contributed by atoms with E-state index in [1.165, 1.54) is 37.1 Å². The molecule has 16 heteroatoms. The summed E-state index contributed by atoms with van der Waals surface area (Å²) in [4.78, 5) is 24.8. The van der Waals surface area contributed by atoms with Gasteiger partial charge in [-0.25, -0.2) is 19.2 Å². The molecule has 3 rings (SSSR count). The Hall–Kier alpha value is -3.56. The molecule has 1 N–H and O–H groups in total. The van der Waals surface area contributed by atoms with Crippen LogP contribution >= 0.6 is 0 Å². The van der Waals surface area contributed by atoms with Crippen molar-refractivity contribution in [2.24, 2.45) is 4.36 Å². The minimum atomic E-state index is -5.10. The number of hydrogen-bond donors (Lipinski definition) is 1. The molecule has 2 heterocycles. The lowest BCUT2D eigenvalue weighted by molar-refractivity contribution is -0.143. The normalized spacial score (nSPS) is 13.4. The Kier molecular flexibility index (Phi) is 7.12. The highest BCUT2D eigenvalue weighted by Crippen LogP contribution is 2.36. The summed E-state index contributed by atoms with van der Waals surface area (Å²) < 4.78 is 96.0. The number of nitrogens with zero attached hydrogens (tertiary/aromatic N) is 6. The molecule has 1 atom stereocenters. The summed E-state index contributed by atoms with van der Waals surface area (Å²) in [7, 11) is -2.55. The van der Waals surface area contributed by atoms with Crippen molar-refractivity contribution in [3.63, 3.8) is 0 Å². The van der Waals surface area contributed by atoms with Crippen LogP contribution in [0.25, 0.3) is 5.82 Å². The molecule has 0 aliphatic heterocycles. The van der Waals surface area contributed by atoms with Crippen LogP contribution in [0.5, 0.6) is 0 Å². The van der Waals surface area contributed by atoms with Gasteiger partial charge in [-0.15, -0.1) is 5.10 Å². The predicted molar refractivity (Wildman–Crippen MR) is 116 cm³/mol. The van der Waals surface area contributed by atoms with Crippen molar-refractivity contribution in [1.82, 2.24) is 30.0 Å². The maximum absolute atomic E-state index is 13.1. The Labute approximate surface area is 201 Å². The number of aryl methyl sites for hydroxylation is 1. The Bertz CT molecular complexity index is 1380. The topological polar surface area (TPSA) is 115 Å². The van der Waals surface area contributed by atoms with Crippen LogP contribution in [0.3, 0.4) is 0 Å². The molecule has 2 aromatic heterocycles. The largest absolute Gasteiger partial charge is 0.416 e. The number of nitrogens with one attached hydrogen (secondary N) is 1. The number of rotatable bonds is 5. The van der Waals surface area contributed by atoms with Gasteiger partial charge in [-0.1, -0.05) is 0 Å². The molecular weight excluding hydrogens is 516 g/mol.